The van der Waals surface area contributed by atoms with Gasteiger partial charge in [-0.15, -0.1) is 0 Å². The van der Waals surface area contributed by atoms with Crippen LogP contribution in [0, 0.1) is 11.8 Å². The lowest BCUT2D eigenvalue weighted by atomic mass is 9.88. The summed E-state index contributed by atoms with van der Waals surface area (Å²) in [5.74, 6) is -0.517. The van der Waals surface area contributed by atoms with E-state index in [1.165, 1.54) is 0 Å². The van der Waals surface area contributed by atoms with E-state index in [9.17, 15) is 23.1 Å². The van der Waals surface area contributed by atoms with Crippen molar-refractivity contribution >= 4 is 23.0 Å². The molecule has 0 spiro atoms. The van der Waals surface area contributed by atoms with Gasteiger partial charge in [-0.2, -0.15) is 13.2 Å². The Labute approximate surface area is 173 Å². The fourth-order valence-corrected chi connectivity index (χ4v) is 4.84. The smallest absolute Gasteiger partial charge is 0.385 e. The van der Waals surface area contributed by atoms with Crippen LogP contribution in [0.1, 0.15) is 34.3 Å². The predicted octanol–water partition coefficient (Wildman–Crippen LogP) is 3.43. The van der Waals surface area contributed by atoms with Crippen molar-refractivity contribution < 1.29 is 23.1 Å². The molecule has 1 amide bonds. The normalized spacial score (nSPS) is 27.8. The summed E-state index contributed by atoms with van der Waals surface area (Å²) in [4.78, 5) is 20.0. The maximum atomic E-state index is 12.8. The maximum Gasteiger partial charge on any atom is 0.417 e. The third-order valence-corrected chi connectivity index (χ3v) is 6.30. The van der Waals surface area contributed by atoms with E-state index < -0.39 is 23.2 Å². The number of carbonyl (C=O) groups excluding carboxylic acids is 1. The van der Waals surface area contributed by atoms with Crippen LogP contribution in [0.3, 0.4) is 0 Å². The molecule has 0 unspecified atom stereocenters. The number of rotatable bonds is 3. The van der Waals surface area contributed by atoms with Gasteiger partial charge in [0.25, 0.3) is 5.91 Å². The molecule has 30 heavy (non-hydrogen) atoms. The number of hydrogen-bond donors (Lipinski definition) is 2. The molecule has 2 aliphatic rings. The number of pyridine rings is 2. The van der Waals surface area contributed by atoms with Gasteiger partial charge in [-0.05, 0) is 36.8 Å². The van der Waals surface area contributed by atoms with Crippen molar-refractivity contribution in [3.05, 3.63) is 65.0 Å². The van der Waals surface area contributed by atoms with Gasteiger partial charge in [-0.3, -0.25) is 9.78 Å². The van der Waals surface area contributed by atoms with Gasteiger partial charge >= 0.3 is 6.18 Å². The Bertz CT molecular complexity index is 1150. The van der Waals surface area contributed by atoms with Crippen LogP contribution in [0.5, 0.6) is 0 Å². The molecule has 0 bridgehead atoms. The highest BCUT2D eigenvalue weighted by molar-refractivity contribution is 6.30. The van der Waals surface area contributed by atoms with Crippen LogP contribution in [0.2, 0.25) is 5.02 Å². The van der Waals surface area contributed by atoms with Crippen LogP contribution >= 0.6 is 11.6 Å². The SMILES string of the molecule is O=C(N[C@@H]1[C@@H]2C[C@@](O)(c3cc(Cl)cn4cncc34)C[C@@H]21)c1cncc(C(F)(F)F)c1. The predicted molar refractivity (Wildman–Crippen MR) is 101 cm³/mol. The highest BCUT2D eigenvalue weighted by Crippen LogP contribution is 2.60. The molecule has 2 aliphatic carbocycles. The molecule has 3 aromatic rings. The molecule has 0 radical (unpaired) electrons. The number of imidazole rings is 1. The zero-order valence-electron chi connectivity index (χ0n) is 15.4. The van der Waals surface area contributed by atoms with Gasteiger partial charge in [0, 0.05) is 30.2 Å². The van der Waals surface area contributed by atoms with Crippen LogP contribution in [0.4, 0.5) is 13.2 Å². The molecule has 0 aromatic carbocycles. The first-order valence-corrected chi connectivity index (χ1v) is 9.71. The van der Waals surface area contributed by atoms with Crippen molar-refractivity contribution in [1.82, 2.24) is 19.7 Å². The minimum absolute atomic E-state index is 0.0414. The quantitative estimate of drug-likeness (QED) is 0.659. The maximum absolute atomic E-state index is 12.8. The standard InChI is InChI=1S/C20H16ClF3N4O2/c21-12-2-15(16-7-26-9-28(16)8-12)19(30)3-13-14(4-19)17(13)27-18(29)10-1-11(6-25-5-10)20(22,23)24/h1-2,5-9,13-14,17,30H,3-4H2,(H,27,29)/t13-,14+,17-,19+. The number of nitrogens with zero attached hydrogens (tertiary/aromatic N) is 3. The molecule has 5 rings (SSSR count). The first kappa shape index (κ1) is 19.3. The monoisotopic (exact) mass is 436 g/mol. The summed E-state index contributed by atoms with van der Waals surface area (Å²) in [6.45, 7) is 0. The molecule has 2 fully saturated rings. The van der Waals surface area contributed by atoms with E-state index in [0.717, 1.165) is 17.8 Å². The lowest BCUT2D eigenvalue weighted by Gasteiger charge is -2.27. The third-order valence-electron chi connectivity index (χ3n) is 6.09. The van der Waals surface area contributed by atoms with Crippen LogP contribution in [0.15, 0.2) is 43.2 Å². The minimum Gasteiger partial charge on any atom is -0.385 e. The van der Waals surface area contributed by atoms with Gasteiger partial charge in [-0.25, -0.2) is 4.98 Å². The van der Waals surface area contributed by atoms with Crippen molar-refractivity contribution in [2.45, 2.75) is 30.7 Å². The van der Waals surface area contributed by atoms with Crippen LogP contribution in [-0.2, 0) is 11.8 Å². The summed E-state index contributed by atoms with van der Waals surface area (Å²) >= 11 is 6.18. The second-order valence-electron chi connectivity index (χ2n) is 7.98. The van der Waals surface area contributed by atoms with Crippen molar-refractivity contribution in [1.29, 1.82) is 0 Å². The fourth-order valence-electron chi connectivity index (χ4n) is 4.62. The summed E-state index contributed by atoms with van der Waals surface area (Å²) in [5.41, 5.74) is -0.751. The van der Waals surface area contributed by atoms with Crippen molar-refractivity contribution in [3.8, 4) is 0 Å². The molecule has 6 nitrogen and oxygen atoms in total. The number of alkyl halides is 3. The van der Waals surface area contributed by atoms with Crippen LogP contribution in [0.25, 0.3) is 5.52 Å². The number of halogens is 4. The topological polar surface area (TPSA) is 79.5 Å². The molecular formula is C20H16ClF3N4O2. The highest BCUT2D eigenvalue weighted by Gasteiger charge is 2.62. The Morgan fingerprint density at radius 1 is 1.20 bits per heavy atom. The summed E-state index contributed by atoms with van der Waals surface area (Å²) in [6, 6.07) is 2.33. The second-order valence-corrected chi connectivity index (χ2v) is 8.42. The van der Waals surface area contributed by atoms with E-state index in [4.69, 9.17) is 11.6 Å². The van der Waals surface area contributed by atoms with E-state index in [-0.39, 0.29) is 23.4 Å². The van der Waals surface area contributed by atoms with E-state index >= 15 is 0 Å². The van der Waals surface area contributed by atoms with Gasteiger partial charge in [-0.1, -0.05) is 11.6 Å². The molecule has 2 saturated carbocycles. The van der Waals surface area contributed by atoms with E-state index in [2.05, 4.69) is 15.3 Å². The Balaban J connectivity index is 1.30. The number of nitrogens with one attached hydrogen (secondary N) is 1. The van der Waals surface area contributed by atoms with Gasteiger partial charge in [0.15, 0.2) is 0 Å². The summed E-state index contributed by atoms with van der Waals surface area (Å²) in [6.07, 6.45) is 3.05. The third kappa shape index (κ3) is 3.13. The minimum atomic E-state index is -4.56. The van der Waals surface area contributed by atoms with Gasteiger partial charge in [0.2, 0.25) is 0 Å². The summed E-state index contributed by atoms with van der Waals surface area (Å²) < 4.78 is 40.3. The van der Waals surface area contributed by atoms with E-state index in [1.54, 1.807) is 29.2 Å². The van der Waals surface area contributed by atoms with E-state index in [1.807, 2.05) is 0 Å². The Kier molecular flexibility index (Phi) is 4.14. The lowest BCUT2D eigenvalue weighted by molar-refractivity contribution is -0.137. The van der Waals surface area contributed by atoms with Gasteiger partial charge < -0.3 is 14.8 Å². The molecule has 3 heterocycles. The van der Waals surface area contributed by atoms with Crippen LogP contribution < -0.4 is 5.32 Å². The van der Waals surface area contributed by atoms with Gasteiger partial charge in [0.05, 0.1) is 39.8 Å². The molecule has 10 heteroatoms. The average Bonchev–Trinajstić information content (AvgIpc) is 3.03. The average molecular weight is 437 g/mol. The Morgan fingerprint density at radius 2 is 1.93 bits per heavy atom. The Morgan fingerprint density at radius 3 is 2.63 bits per heavy atom. The zero-order chi connectivity index (χ0) is 21.3. The lowest BCUT2D eigenvalue weighted by Crippen LogP contribution is -2.33. The van der Waals surface area contributed by atoms with Crippen molar-refractivity contribution in [3.63, 3.8) is 0 Å². The number of aromatic nitrogens is 3. The molecular weight excluding hydrogens is 421 g/mol. The molecule has 0 saturated heterocycles. The van der Waals surface area contributed by atoms with Crippen molar-refractivity contribution in [2.24, 2.45) is 11.8 Å². The molecule has 156 valence electrons. The Hall–Kier alpha value is -2.65. The molecule has 4 atom stereocenters. The van der Waals surface area contributed by atoms with E-state index in [0.29, 0.717) is 29.6 Å². The summed E-state index contributed by atoms with van der Waals surface area (Å²) in [7, 11) is 0. The van der Waals surface area contributed by atoms with Gasteiger partial charge in [0.1, 0.15) is 0 Å². The second kappa shape index (κ2) is 6.42. The number of hydrogen-bond acceptors (Lipinski definition) is 4. The molecule has 2 N–H and O–H groups in total. The zero-order valence-corrected chi connectivity index (χ0v) is 16.2. The number of carbonyl (C=O) groups is 1. The number of fused-ring (bicyclic) bond motifs is 2. The first-order chi connectivity index (χ1) is 14.2. The van der Waals surface area contributed by atoms with Crippen molar-refractivity contribution in [2.75, 3.05) is 0 Å². The number of amides is 1. The first-order valence-electron chi connectivity index (χ1n) is 9.33. The molecule has 0 aliphatic heterocycles. The highest BCUT2D eigenvalue weighted by atomic mass is 35.5. The van der Waals surface area contributed by atoms with Crippen LogP contribution in [-0.4, -0.2) is 31.4 Å². The number of aliphatic hydroxyl groups is 1. The fraction of sp³-hybridized carbons (Fsp3) is 0.350. The summed E-state index contributed by atoms with van der Waals surface area (Å²) in [5, 5.41) is 14.5. The molecule has 3 aromatic heterocycles. The largest absolute Gasteiger partial charge is 0.417 e.